The number of ether oxygens (including phenoxy) is 1. The first-order valence-electron chi connectivity index (χ1n) is 7.00. The molecule has 0 radical (unpaired) electrons. The van der Waals surface area contributed by atoms with Gasteiger partial charge in [-0.25, -0.2) is 0 Å². The van der Waals surface area contributed by atoms with E-state index in [2.05, 4.69) is 0 Å². The second-order valence-corrected chi connectivity index (χ2v) is 5.40. The van der Waals surface area contributed by atoms with Gasteiger partial charge in [0.1, 0.15) is 5.75 Å². The number of amides is 1. The van der Waals surface area contributed by atoms with Gasteiger partial charge in [0.15, 0.2) is 0 Å². The van der Waals surface area contributed by atoms with Crippen LogP contribution in [0.1, 0.15) is 16.8 Å². The molecule has 0 fully saturated rings. The molecule has 0 unspecified atom stereocenters. The maximum atomic E-state index is 12.0. The molecule has 0 saturated carbocycles. The largest absolute Gasteiger partial charge is 0.494 e. The summed E-state index contributed by atoms with van der Waals surface area (Å²) in [6.45, 7) is 0.914. The number of nitrogens with zero attached hydrogens (tertiary/aromatic N) is 1. The number of carbonyl (C=O) groups excluding carboxylic acids is 2. The Labute approximate surface area is 133 Å². The summed E-state index contributed by atoms with van der Waals surface area (Å²) in [5.74, 6) is -0.211. The van der Waals surface area contributed by atoms with E-state index in [-0.39, 0.29) is 0 Å². The second-order valence-electron chi connectivity index (χ2n) is 4.96. The Kier molecular flexibility index (Phi) is 4.11. The molecule has 2 aromatic rings. The fraction of sp³-hybridized carbons (Fsp3) is 0.176. The van der Waals surface area contributed by atoms with Crippen molar-refractivity contribution < 1.29 is 14.3 Å². The van der Waals surface area contributed by atoms with Gasteiger partial charge in [-0.05, 0) is 36.8 Å². The number of rotatable bonds is 5. The van der Waals surface area contributed by atoms with Crippen molar-refractivity contribution in [1.82, 2.24) is 0 Å². The quantitative estimate of drug-likeness (QED) is 0.628. The highest BCUT2D eigenvalue weighted by Gasteiger charge is 2.35. The van der Waals surface area contributed by atoms with Crippen molar-refractivity contribution in [1.29, 1.82) is 0 Å². The van der Waals surface area contributed by atoms with Gasteiger partial charge in [-0.15, -0.1) is 0 Å². The van der Waals surface area contributed by atoms with Crippen molar-refractivity contribution in [2.45, 2.75) is 6.42 Å². The number of ketones is 1. The van der Waals surface area contributed by atoms with Crippen molar-refractivity contribution in [2.24, 2.45) is 0 Å². The second kappa shape index (κ2) is 6.20. The van der Waals surface area contributed by atoms with Gasteiger partial charge < -0.3 is 9.64 Å². The molecular formula is C17H14ClNO3. The van der Waals surface area contributed by atoms with Crippen LogP contribution in [0.5, 0.6) is 5.75 Å². The smallest absolute Gasteiger partial charge is 0.299 e. The van der Waals surface area contributed by atoms with Crippen LogP contribution in [0.3, 0.4) is 0 Å². The van der Waals surface area contributed by atoms with Crippen LogP contribution in [-0.4, -0.2) is 24.8 Å². The third kappa shape index (κ3) is 2.83. The normalized spacial score (nSPS) is 13.4. The van der Waals surface area contributed by atoms with Crippen molar-refractivity contribution in [3.05, 3.63) is 59.1 Å². The summed E-state index contributed by atoms with van der Waals surface area (Å²) in [5, 5.41) is 0.453. The van der Waals surface area contributed by atoms with Crippen LogP contribution in [0, 0.1) is 0 Å². The third-order valence-corrected chi connectivity index (χ3v) is 3.71. The Bertz CT molecular complexity index is 715. The average molecular weight is 316 g/mol. The van der Waals surface area contributed by atoms with E-state index in [0.29, 0.717) is 35.8 Å². The summed E-state index contributed by atoms with van der Waals surface area (Å²) < 4.78 is 5.59. The lowest BCUT2D eigenvalue weighted by Crippen LogP contribution is -2.31. The molecule has 22 heavy (non-hydrogen) atoms. The number of hydrogen-bond acceptors (Lipinski definition) is 3. The van der Waals surface area contributed by atoms with Crippen LogP contribution in [0.4, 0.5) is 5.69 Å². The highest BCUT2D eigenvalue weighted by atomic mass is 35.5. The van der Waals surface area contributed by atoms with Crippen molar-refractivity contribution >= 4 is 29.0 Å². The first-order valence-corrected chi connectivity index (χ1v) is 7.38. The SMILES string of the molecule is O=C1C(=O)N(CCCOc2ccccc2)c2ccc(Cl)cc21. The highest BCUT2D eigenvalue weighted by Crippen LogP contribution is 2.31. The number of para-hydroxylation sites is 1. The van der Waals surface area contributed by atoms with Gasteiger partial charge in [-0.2, -0.15) is 0 Å². The van der Waals surface area contributed by atoms with E-state index in [4.69, 9.17) is 16.3 Å². The summed E-state index contributed by atoms with van der Waals surface area (Å²) >= 11 is 5.88. The van der Waals surface area contributed by atoms with Crippen LogP contribution >= 0.6 is 11.6 Å². The van der Waals surface area contributed by atoms with Gasteiger partial charge in [0.25, 0.3) is 11.7 Å². The van der Waals surface area contributed by atoms with E-state index >= 15 is 0 Å². The third-order valence-electron chi connectivity index (χ3n) is 3.47. The molecule has 3 rings (SSSR count). The molecule has 0 saturated heterocycles. The Morgan fingerprint density at radius 3 is 2.59 bits per heavy atom. The standard InChI is InChI=1S/C17H14ClNO3/c18-12-7-8-15-14(11-12)16(20)17(21)19(15)9-4-10-22-13-5-2-1-3-6-13/h1-3,5-8,11H,4,9-10H2. The van der Waals surface area contributed by atoms with Crippen LogP contribution in [-0.2, 0) is 4.79 Å². The highest BCUT2D eigenvalue weighted by molar-refractivity contribution is 6.52. The number of fused-ring (bicyclic) bond motifs is 1. The Morgan fingerprint density at radius 1 is 1.05 bits per heavy atom. The van der Waals surface area contributed by atoms with Crippen molar-refractivity contribution in [3.8, 4) is 5.75 Å². The molecule has 0 aliphatic carbocycles. The van der Waals surface area contributed by atoms with Gasteiger partial charge in [0.2, 0.25) is 0 Å². The molecular weight excluding hydrogens is 302 g/mol. The van der Waals surface area contributed by atoms with Crippen molar-refractivity contribution in [2.75, 3.05) is 18.1 Å². The number of carbonyl (C=O) groups is 2. The van der Waals surface area contributed by atoms with Crippen LogP contribution in [0.15, 0.2) is 48.5 Å². The average Bonchev–Trinajstić information content (AvgIpc) is 2.77. The van der Waals surface area contributed by atoms with E-state index in [0.717, 1.165) is 5.75 Å². The predicted octanol–water partition coefficient (Wildman–Crippen LogP) is 3.34. The fourth-order valence-electron chi connectivity index (χ4n) is 2.42. The van der Waals surface area contributed by atoms with E-state index in [9.17, 15) is 9.59 Å². The predicted molar refractivity (Wildman–Crippen MR) is 84.7 cm³/mol. The first-order chi connectivity index (χ1) is 10.7. The fourth-order valence-corrected chi connectivity index (χ4v) is 2.60. The van der Waals surface area contributed by atoms with Gasteiger partial charge in [0, 0.05) is 11.6 Å². The summed E-state index contributed by atoms with van der Waals surface area (Å²) in [6, 6.07) is 14.4. The maximum Gasteiger partial charge on any atom is 0.299 e. The van der Waals surface area contributed by atoms with E-state index in [1.54, 1.807) is 12.1 Å². The molecule has 5 heteroatoms. The molecule has 1 aliphatic heterocycles. The molecule has 0 atom stereocenters. The molecule has 4 nitrogen and oxygen atoms in total. The first kappa shape index (κ1) is 14.6. The number of hydrogen-bond donors (Lipinski definition) is 0. The molecule has 0 bridgehead atoms. The number of halogens is 1. The molecule has 2 aromatic carbocycles. The molecule has 0 spiro atoms. The van der Waals surface area contributed by atoms with Crippen molar-refractivity contribution in [3.63, 3.8) is 0 Å². The maximum absolute atomic E-state index is 12.0. The minimum atomic E-state index is -0.503. The summed E-state index contributed by atoms with van der Waals surface area (Å²) in [6.07, 6.45) is 0.635. The van der Waals surface area contributed by atoms with Gasteiger partial charge in [0.05, 0.1) is 17.9 Å². The lowest BCUT2D eigenvalue weighted by Gasteiger charge is -2.16. The summed E-state index contributed by atoms with van der Waals surface area (Å²) in [5.41, 5.74) is 1.00. The lowest BCUT2D eigenvalue weighted by molar-refractivity contribution is -0.114. The molecule has 0 N–H and O–H groups in total. The summed E-state index contributed by atoms with van der Waals surface area (Å²) in [7, 11) is 0. The Morgan fingerprint density at radius 2 is 1.82 bits per heavy atom. The molecule has 0 aromatic heterocycles. The minimum absolute atomic E-state index is 0.376. The Hall–Kier alpha value is -2.33. The topological polar surface area (TPSA) is 46.6 Å². The summed E-state index contributed by atoms with van der Waals surface area (Å²) in [4.78, 5) is 25.5. The zero-order valence-electron chi connectivity index (χ0n) is 11.8. The van der Waals surface area contributed by atoms with Gasteiger partial charge in [-0.1, -0.05) is 29.8 Å². The lowest BCUT2D eigenvalue weighted by atomic mass is 10.1. The zero-order valence-corrected chi connectivity index (χ0v) is 12.5. The monoisotopic (exact) mass is 315 g/mol. The Balaban J connectivity index is 1.62. The molecule has 1 aliphatic rings. The number of Topliss-reactive ketones (excluding diaryl/α,β-unsaturated/α-hetero) is 1. The van der Waals surface area contributed by atoms with Crippen LogP contribution in [0.2, 0.25) is 5.02 Å². The van der Waals surface area contributed by atoms with E-state index < -0.39 is 11.7 Å². The minimum Gasteiger partial charge on any atom is -0.494 e. The van der Waals surface area contributed by atoms with E-state index in [1.807, 2.05) is 30.3 Å². The molecule has 1 amide bonds. The zero-order chi connectivity index (χ0) is 15.5. The number of anilines is 1. The van der Waals surface area contributed by atoms with Gasteiger partial charge in [-0.3, -0.25) is 9.59 Å². The molecule has 1 heterocycles. The van der Waals surface area contributed by atoms with Crippen LogP contribution in [0.25, 0.3) is 0 Å². The van der Waals surface area contributed by atoms with Gasteiger partial charge >= 0.3 is 0 Å². The molecule has 112 valence electrons. The number of benzene rings is 2. The van der Waals surface area contributed by atoms with E-state index in [1.165, 1.54) is 11.0 Å². The van der Waals surface area contributed by atoms with Crippen LogP contribution < -0.4 is 9.64 Å².